The van der Waals surface area contributed by atoms with Crippen molar-refractivity contribution in [1.82, 2.24) is 9.62 Å². The van der Waals surface area contributed by atoms with Crippen LogP contribution in [0.25, 0.3) is 10.8 Å². The highest BCUT2D eigenvalue weighted by Gasteiger charge is 2.33. The quantitative estimate of drug-likeness (QED) is 0.616. The number of ether oxygens (including phenoxy) is 1. The molecule has 7 heteroatoms. The van der Waals surface area contributed by atoms with E-state index in [0.29, 0.717) is 31.7 Å². The molecule has 0 radical (unpaired) electrons. The number of benzene rings is 3. The second kappa shape index (κ2) is 9.30. The molecule has 1 heterocycles. The van der Waals surface area contributed by atoms with Crippen LogP contribution in [0.3, 0.4) is 0 Å². The lowest BCUT2D eigenvalue weighted by Gasteiger charge is -2.31. The zero-order valence-corrected chi connectivity index (χ0v) is 19.2. The summed E-state index contributed by atoms with van der Waals surface area (Å²) in [6.45, 7) is 2.84. The summed E-state index contributed by atoms with van der Waals surface area (Å²) in [5, 5.41) is 5.26. The van der Waals surface area contributed by atoms with E-state index >= 15 is 0 Å². The van der Waals surface area contributed by atoms with E-state index < -0.39 is 10.0 Å². The zero-order chi connectivity index (χ0) is 22.7. The number of hydrogen-bond acceptors (Lipinski definition) is 4. The first-order valence-corrected chi connectivity index (χ1v) is 12.2. The minimum atomic E-state index is -3.67. The van der Waals surface area contributed by atoms with E-state index in [4.69, 9.17) is 4.74 Å². The van der Waals surface area contributed by atoms with Crippen molar-refractivity contribution in [2.24, 2.45) is 5.92 Å². The summed E-state index contributed by atoms with van der Waals surface area (Å²) in [7, 11) is -2.12. The highest BCUT2D eigenvalue weighted by molar-refractivity contribution is 7.89. The number of hydrogen-bond donors (Lipinski definition) is 1. The van der Waals surface area contributed by atoms with Crippen molar-refractivity contribution < 1.29 is 17.9 Å². The van der Waals surface area contributed by atoms with Crippen LogP contribution in [-0.2, 0) is 21.4 Å². The fourth-order valence-corrected chi connectivity index (χ4v) is 5.92. The summed E-state index contributed by atoms with van der Waals surface area (Å²) in [4.78, 5) is 13.1. The minimum absolute atomic E-state index is 0.108. The van der Waals surface area contributed by atoms with Crippen molar-refractivity contribution >= 4 is 26.7 Å². The SMILES string of the molecule is COc1ccc(S(=O)(=O)N2CCC[C@H](C(=O)NCc3cccc4ccccc34)C2)cc1C. The molecule has 32 heavy (non-hydrogen) atoms. The van der Waals surface area contributed by atoms with Crippen LogP contribution in [0, 0.1) is 12.8 Å². The van der Waals surface area contributed by atoms with Gasteiger partial charge in [0.1, 0.15) is 5.75 Å². The second-order valence-electron chi connectivity index (χ2n) is 8.19. The Balaban J connectivity index is 1.45. The summed E-state index contributed by atoms with van der Waals surface area (Å²) < 4.78 is 33.0. The van der Waals surface area contributed by atoms with Gasteiger partial charge in [0.15, 0.2) is 0 Å². The van der Waals surface area contributed by atoms with Crippen LogP contribution < -0.4 is 10.1 Å². The number of carbonyl (C=O) groups excluding carboxylic acids is 1. The molecule has 3 aromatic rings. The topological polar surface area (TPSA) is 75.7 Å². The Labute approximate surface area is 189 Å². The number of aryl methyl sites for hydroxylation is 1. The number of carbonyl (C=O) groups is 1. The Kier molecular flexibility index (Phi) is 6.48. The van der Waals surface area contributed by atoms with Crippen LogP contribution >= 0.6 is 0 Å². The van der Waals surface area contributed by atoms with E-state index in [0.717, 1.165) is 21.9 Å². The molecule has 0 unspecified atom stereocenters. The summed E-state index contributed by atoms with van der Waals surface area (Å²) in [6, 6.07) is 19.0. The molecule has 1 saturated heterocycles. The van der Waals surface area contributed by atoms with Gasteiger partial charge in [-0.1, -0.05) is 42.5 Å². The van der Waals surface area contributed by atoms with Gasteiger partial charge in [0.05, 0.1) is 17.9 Å². The van der Waals surface area contributed by atoms with Crippen molar-refractivity contribution in [3.8, 4) is 5.75 Å². The van der Waals surface area contributed by atoms with Crippen molar-refractivity contribution in [2.75, 3.05) is 20.2 Å². The van der Waals surface area contributed by atoms with E-state index in [1.54, 1.807) is 25.3 Å². The third kappa shape index (κ3) is 4.49. The van der Waals surface area contributed by atoms with E-state index in [2.05, 4.69) is 5.32 Å². The molecule has 6 nitrogen and oxygen atoms in total. The molecular weight excluding hydrogens is 424 g/mol. The van der Waals surface area contributed by atoms with Gasteiger partial charge in [-0.3, -0.25) is 4.79 Å². The van der Waals surface area contributed by atoms with Crippen LogP contribution in [0.4, 0.5) is 0 Å². The second-order valence-corrected chi connectivity index (χ2v) is 10.1. The number of methoxy groups -OCH3 is 1. The maximum Gasteiger partial charge on any atom is 0.243 e. The fraction of sp³-hybridized carbons (Fsp3) is 0.320. The largest absolute Gasteiger partial charge is 0.496 e. The third-order valence-corrected chi connectivity index (χ3v) is 7.95. The van der Waals surface area contributed by atoms with Crippen molar-refractivity contribution in [1.29, 1.82) is 0 Å². The van der Waals surface area contributed by atoms with Gasteiger partial charge in [-0.05, 0) is 59.9 Å². The van der Waals surface area contributed by atoms with E-state index in [1.807, 2.05) is 49.4 Å². The van der Waals surface area contributed by atoms with Crippen LogP contribution in [0.2, 0.25) is 0 Å². The molecule has 1 aliphatic rings. The molecule has 0 aliphatic carbocycles. The van der Waals surface area contributed by atoms with Crippen molar-refractivity contribution in [3.05, 3.63) is 71.8 Å². The average molecular weight is 453 g/mol. The summed E-state index contributed by atoms with van der Waals surface area (Å²) in [5.74, 6) is 0.171. The van der Waals surface area contributed by atoms with Crippen molar-refractivity contribution in [2.45, 2.75) is 31.2 Å². The van der Waals surface area contributed by atoms with Crippen molar-refractivity contribution in [3.63, 3.8) is 0 Å². The van der Waals surface area contributed by atoms with E-state index in [-0.39, 0.29) is 23.3 Å². The lowest BCUT2D eigenvalue weighted by atomic mass is 9.98. The standard InChI is InChI=1S/C25H28N2O4S/c1-18-15-22(12-13-24(18)31-2)32(29,30)27-14-6-10-21(17-27)25(28)26-16-20-9-5-8-19-7-3-4-11-23(19)20/h3-5,7-9,11-13,15,21H,6,10,14,16-17H2,1-2H3,(H,26,28)/t21-/m0/s1. The predicted octanol–water partition coefficient (Wildman–Crippen LogP) is 3.87. The fourth-order valence-electron chi connectivity index (χ4n) is 4.31. The molecule has 0 saturated carbocycles. The number of nitrogens with zero attached hydrogens (tertiary/aromatic N) is 1. The van der Waals surface area contributed by atoms with E-state index in [9.17, 15) is 13.2 Å². The number of rotatable bonds is 6. The van der Waals surface area contributed by atoms with Crippen LogP contribution in [0.15, 0.2) is 65.6 Å². The molecule has 3 aromatic carbocycles. The van der Waals surface area contributed by atoms with Gasteiger partial charge in [-0.2, -0.15) is 4.31 Å². The normalized spacial score (nSPS) is 17.2. The van der Waals surface area contributed by atoms with Crippen LogP contribution in [-0.4, -0.2) is 38.8 Å². The number of fused-ring (bicyclic) bond motifs is 1. The number of piperidine rings is 1. The van der Waals surface area contributed by atoms with E-state index in [1.165, 1.54) is 4.31 Å². The first kappa shape index (κ1) is 22.3. The number of nitrogens with one attached hydrogen (secondary N) is 1. The molecular formula is C25H28N2O4S. The molecule has 1 N–H and O–H groups in total. The van der Waals surface area contributed by atoms with Gasteiger partial charge in [0, 0.05) is 19.6 Å². The Morgan fingerprint density at radius 1 is 1.12 bits per heavy atom. The van der Waals surface area contributed by atoms with Gasteiger partial charge in [0.2, 0.25) is 15.9 Å². The van der Waals surface area contributed by atoms with Crippen LogP contribution in [0.1, 0.15) is 24.0 Å². The molecule has 1 aliphatic heterocycles. The monoisotopic (exact) mass is 452 g/mol. The molecule has 168 valence electrons. The van der Waals surface area contributed by atoms with Crippen LogP contribution in [0.5, 0.6) is 5.75 Å². The average Bonchev–Trinajstić information content (AvgIpc) is 2.82. The van der Waals surface area contributed by atoms with Gasteiger partial charge in [0.25, 0.3) is 0 Å². The Bertz CT molecular complexity index is 1230. The molecule has 1 atom stereocenters. The minimum Gasteiger partial charge on any atom is -0.496 e. The summed E-state index contributed by atoms with van der Waals surface area (Å²) in [5.41, 5.74) is 1.81. The van der Waals surface area contributed by atoms with Gasteiger partial charge in [-0.15, -0.1) is 0 Å². The maximum absolute atomic E-state index is 13.2. The molecule has 0 spiro atoms. The summed E-state index contributed by atoms with van der Waals surface area (Å²) in [6.07, 6.45) is 1.33. The first-order chi connectivity index (χ1) is 15.4. The lowest BCUT2D eigenvalue weighted by Crippen LogP contribution is -2.45. The third-order valence-electron chi connectivity index (χ3n) is 6.09. The maximum atomic E-state index is 13.2. The Hall–Kier alpha value is -2.90. The predicted molar refractivity (Wildman–Crippen MR) is 125 cm³/mol. The Morgan fingerprint density at radius 3 is 2.69 bits per heavy atom. The number of sulfonamides is 1. The molecule has 1 amide bonds. The first-order valence-electron chi connectivity index (χ1n) is 10.8. The molecule has 0 bridgehead atoms. The Morgan fingerprint density at radius 2 is 1.91 bits per heavy atom. The smallest absolute Gasteiger partial charge is 0.243 e. The van der Waals surface area contributed by atoms with Gasteiger partial charge >= 0.3 is 0 Å². The lowest BCUT2D eigenvalue weighted by molar-refractivity contribution is -0.126. The zero-order valence-electron chi connectivity index (χ0n) is 18.4. The number of amides is 1. The molecule has 1 fully saturated rings. The highest BCUT2D eigenvalue weighted by Crippen LogP contribution is 2.27. The van der Waals surface area contributed by atoms with Gasteiger partial charge in [-0.25, -0.2) is 8.42 Å². The molecule has 0 aromatic heterocycles. The van der Waals surface area contributed by atoms with Gasteiger partial charge < -0.3 is 10.1 Å². The summed E-state index contributed by atoms with van der Waals surface area (Å²) >= 11 is 0. The highest BCUT2D eigenvalue weighted by atomic mass is 32.2. The molecule has 4 rings (SSSR count).